The van der Waals surface area contributed by atoms with E-state index in [9.17, 15) is 0 Å². The van der Waals surface area contributed by atoms with Crippen molar-refractivity contribution in [2.45, 2.75) is 19.3 Å². The lowest BCUT2D eigenvalue weighted by molar-refractivity contribution is 1.01. The SMILES string of the molecule is C1=CCCc2ccc3c4c(ccc(c24)C=1)C=CC3. The summed E-state index contributed by atoms with van der Waals surface area (Å²) in [6, 6.07) is 9.09. The van der Waals surface area contributed by atoms with Gasteiger partial charge >= 0.3 is 0 Å². The highest BCUT2D eigenvalue weighted by molar-refractivity contribution is 6.01. The summed E-state index contributed by atoms with van der Waals surface area (Å²) in [7, 11) is 0. The predicted octanol–water partition coefficient (Wildman–Crippen LogP) is 4.52. The molecule has 0 amide bonds. The van der Waals surface area contributed by atoms with E-state index in [-0.39, 0.29) is 0 Å². The minimum Gasteiger partial charge on any atom is -0.125 e. The number of hydrogen-bond acceptors (Lipinski definition) is 0. The molecule has 0 unspecified atom stereocenters. The van der Waals surface area contributed by atoms with Crippen molar-refractivity contribution in [3.8, 4) is 0 Å². The molecule has 0 heterocycles. The molecule has 0 aromatic heterocycles. The van der Waals surface area contributed by atoms with Crippen LogP contribution in [0.3, 0.4) is 0 Å². The Kier molecular flexibility index (Phi) is 2.06. The van der Waals surface area contributed by atoms with Crippen molar-refractivity contribution in [1.29, 1.82) is 0 Å². The third kappa shape index (κ3) is 1.33. The standard InChI is InChI=1S/C18H14/c1-2-5-13-9-11-15-7-4-8-16-12-10-14(6-3-1)17(13)18(15)16/h1,4,6,8-12H,2,5,7H2. The highest BCUT2D eigenvalue weighted by Gasteiger charge is 2.14. The number of rotatable bonds is 0. The molecule has 0 aliphatic heterocycles. The Labute approximate surface area is 107 Å². The van der Waals surface area contributed by atoms with E-state index in [1.807, 2.05) is 0 Å². The number of benzene rings is 2. The van der Waals surface area contributed by atoms with Gasteiger partial charge in [-0.2, -0.15) is 0 Å². The Morgan fingerprint density at radius 1 is 0.889 bits per heavy atom. The molecule has 2 aromatic carbocycles. The average molecular weight is 230 g/mol. The maximum Gasteiger partial charge on any atom is -0.00641 e. The van der Waals surface area contributed by atoms with Gasteiger partial charge in [0.1, 0.15) is 0 Å². The van der Waals surface area contributed by atoms with Gasteiger partial charge in [-0.25, -0.2) is 0 Å². The molecule has 0 bridgehead atoms. The Morgan fingerprint density at radius 2 is 1.72 bits per heavy atom. The monoisotopic (exact) mass is 230 g/mol. The highest BCUT2D eigenvalue weighted by Crippen LogP contribution is 2.34. The predicted molar refractivity (Wildman–Crippen MR) is 77.6 cm³/mol. The lowest BCUT2D eigenvalue weighted by atomic mass is 9.86. The lowest BCUT2D eigenvalue weighted by Gasteiger charge is -2.18. The van der Waals surface area contributed by atoms with Gasteiger partial charge in [0.05, 0.1) is 0 Å². The largest absolute Gasteiger partial charge is 0.125 e. The first-order valence-corrected chi connectivity index (χ1v) is 6.58. The fourth-order valence-electron chi connectivity index (χ4n) is 3.10. The van der Waals surface area contributed by atoms with Crippen molar-refractivity contribution in [2.24, 2.45) is 0 Å². The molecule has 2 aliphatic carbocycles. The van der Waals surface area contributed by atoms with Crippen molar-refractivity contribution in [3.05, 3.63) is 64.4 Å². The Hall–Kier alpha value is -2.04. The third-order valence-corrected chi connectivity index (χ3v) is 3.95. The van der Waals surface area contributed by atoms with Crippen LogP contribution >= 0.6 is 0 Å². The highest BCUT2D eigenvalue weighted by atomic mass is 14.2. The summed E-state index contributed by atoms with van der Waals surface area (Å²) in [5.74, 6) is 0. The molecule has 0 heteroatoms. The minimum atomic E-state index is 1.06. The molecule has 18 heavy (non-hydrogen) atoms. The second-order valence-corrected chi connectivity index (χ2v) is 5.04. The summed E-state index contributed by atoms with van der Waals surface area (Å²) in [6.07, 6.45) is 12.1. The van der Waals surface area contributed by atoms with E-state index in [4.69, 9.17) is 0 Å². The number of aryl methyl sites for hydroxylation is 1. The summed E-state index contributed by atoms with van der Waals surface area (Å²) in [5, 5.41) is 2.92. The molecule has 0 N–H and O–H groups in total. The van der Waals surface area contributed by atoms with Gasteiger partial charge in [0.25, 0.3) is 0 Å². The topological polar surface area (TPSA) is 0 Å². The van der Waals surface area contributed by atoms with E-state index in [2.05, 4.69) is 54.3 Å². The van der Waals surface area contributed by atoms with E-state index in [1.165, 1.54) is 33.0 Å². The molecular formula is C18H14. The molecule has 0 nitrogen and oxygen atoms in total. The van der Waals surface area contributed by atoms with Gasteiger partial charge in [-0.05, 0) is 64.4 Å². The van der Waals surface area contributed by atoms with Crippen LogP contribution in [0.5, 0.6) is 0 Å². The van der Waals surface area contributed by atoms with Crippen LogP contribution in [0, 0.1) is 0 Å². The Morgan fingerprint density at radius 3 is 2.72 bits per heavy atom. The maximum atomic E-state index is 3.30. The Bertz CT molecular complexity index is 738. The zero-order valence-corrected chi connectivity index (χ0v) is 10.2. The number of allylic oxidation sites excluding steroid dienone is 2. The van der Waals surface area contributed by atoms with Crippen molar-refractivity contribution >= 4 is 22.9 Å². The minimum absolute atomic E-state index is 1.06. The summed E-state index contributed by atoms with van der Waals surface area (Å²) in [6.45, 7) is 0. The zero-order chi connectivity index (χ0) is 11.9. The second kappa shape index (κ2) is 3.73. The maximum absolute atomic E-state index is 3.30. The third-order valence-electron chi connectivity index (χ3n) is 3.95. The van der Waals surface area contributed by atoms with E-state index in [0.29, 0.717) is 0 Å². The smallest absolute Gasteiger partial charge is 0.00641 e. The fourth-order valence-corrected chi connectivity index (χ4v) is 3.10. The first-order valence-electron chi connectivity index (χ1n) is 6.58. The summed E-state index contributed by atoms with van der Waals surface area (Å²) >= 11 is 0. The molecule has 0 fully saturated rings. The zero-order valence-electron chi connectivity index (χ0n) is 10.2. The van der Waals surface area contributed by atoms with Gasteiger partial charge in [-0.15, -0.1) is 5.73 Å². The normalized spacial score (nSPS) is 15.8. The molecular weight excluding hydrogens is 216 g/mol. The van der Waals surface area contributed by atoms with E-state index in [1.54, 1.807) is 0 Å². The summed E-state index contributed by atoms with van der Waals surface area (Å²) < 4.78 is 0. The molecule has 86 valence electrons. The van der Waals surface area contributed by atoms with Gasteiger partial charge in [-0.1, -0.05) is 36.4 Å². The van der Waals surface area contributed by atoms with Gasteiger partial charge < -0.3 is 0 Å². The van der Waals surface area contributed by atoms with Crippen LogP contribution in [-0.2, 0) is 12.8 Å². The average Bonchev–Trinajstić information content (AvgIpc) is 2.38. The van der Waals surface area contributed by atoms with Crippen molar-refractivity contribution < 1.29 is 0 Å². The van der Waals surface area contributed by atoms with Gasteiger partial charge in [-0.3, -0.25) is 0 Å². The number of hydrogen-bond donors (Lipinski definition) is 0. The first kappa shape index (κ1) is 9.94. The van der Waals surface area contributed by atoms with Gasteiger partial charge in [0, 0.05) is 0 Å². The lowest BCUT2D eigenvalue weighted by Crippen LogP contribution is -1.98. The van der Waals surface area contributed by atoms with Crippen molar-refractivity contribution in [2.75, 3.05) is 0 Å². The van der Waals surface area contributed by atoms with Gasteiger partial charge in [0.2, 0.25) is 0 Å². The van der Waals surface area contributed by atoms with Gasteiger partial charge in [0.15, 0.2) is 0 Å². The van der Waals surface area contributed by atoms with Crippen molar-refractivity contribution in [3.63, 3.8) is 0 Å². The molecule has 0 atom stereocenters. The quantitative estimate of drug-likeness (QED) is 0.583. The van der Waals surface area contributed by atoms with E-state index < -0.39 is 0 Å². The van der Waals surface area contributed by atoms with Crippen LogP contribution in [0.2, 0.25) is 0 Å². The van der Waals surface area contributed by atoms with Crippen LogP contribution in [-0.4, -0.2) is 0 Å². The molecule has 4 rings (SSSR count). The molecule has 2 aromatic rings. The molecule has 0 radical (unpaired) electrons. The fraction of sp³-hybridized carbons (Fsp3) is 0.167. The molecule has 0 saturated heterocycles. The van der Waals surface area contributed by atoms with Crippen LogP contribution in [0.4, 0.5) is 0 Å². The van der Waals surface area contributed by atoms with Crippen LogP contribution in [0.25, 0.3) is 22.9 Å². The second-order valence-electron chi connectivity index (χ2n) is 5.04. The van der Waals surface area contributed by atoms with Crippen molar-refractivity contribution in [1.82, 2.24) is 0 Å². The van der Waals surface area contributed by atoms with E-state index >= 15 is 0 Å². The summed E-state index contributed by atoms with van der Waals surface area (Å²) in [5.41, 5.74) is 8.93. The van der Waals surface area contributed by atoms with Crippen LogP contribution in [0.15, 0.2) is 42.1 Å². The van der Waals surface area contributed by atoms with E-state index in [0.717, 1.165) is 19.3 Å². The van der Waals surface area contributed by atoms with Crippen LogP contribution < -0.4 is 0 Å². The molecule has 2 aliphatic rings. The summed E-state index contributed by atoms with van der Waals surface area (Å²) in [4.78, 5) is 0. The molecule has 0 spiro atoms. The molecule has 0 saturated carbocycles. The first-order chi connectivity index (χ1) is 8.93. The van der Waals surface area contributed by atoms with Crippen LogP contribution in [0.1, 0.15) is 28.7 Å². The Balaban J connectivity index is 2.23.